The summed E-state index contributed by atoms with van der Waals surface area (Å²) in [4.78, 5) is 16.0. The Morgan fingerprint density at radius 1 is 1.38 bits per heavy atom. The number of nitrogens with one attached hydrogen (secondary N) is 1. The van der Waals surface area contributed by atoms with E-state index in [0.717, 1.165) is 5.56 Å². The van der Waals surface area contributed by atoms with E-state index in [1.165, 1.54) is 0 Å². The van der Waals surface area contributed by atoms with Crippen molar-refractivity contribution in [2.24, 2.45) is 5.73 Å². The van der Waals surface area contributed by atoms with Crippen LogP contribution < -0.4 is 11.1 Å². The number of benzene rings is 1. The van der Waals surface area contributed by atoms with E-state index in [1.54, 1.807) is 31.2 Å². The number of amides is 1. The molecule has 0 radical (unpaired) electrons. The first kappa shape index (κ1) is 14.8. The lowest BCUT2D eigenvalue weighted by Crippen LogP contribution is -2.25. The molecule has 108 valence electrons. The minimum Gasteiger partial charge on any atom is -0.352 e. The van der Waals surface area contributed by atoms with Crippen molar-refractivity contribution < 1.29 is 9.32 Å². The number of nitrogens with two attached hydrogens (primary N) is 1. The molecule has 0 atom stereocenters. The third-order valence-corrected chi connectivity index (χ3v) is 2.69. The maximum Gasteiger partial charge on any atom is 0.251 e. The summed E-state index contributed by atoms with van der Waals surface area (Å²) in [6, 6.07) is 7.04. The number of aryl methyl sites for hydroxylation is 1. The van der Waals surface area contributed by atoms with E-state index in [0.29, 0.717) is 36.8 Å². The van der Waals surface area contributed by atoms with Gasteiger partial charge >= 0.3 is 0 Å². The quantitative estimate of drug-likeness (QED) is 0.804. The fourth-order valence-electron chi connectivity index (χ4n) is 1.69. The molecular formula is C15H16N4O2. The number of carbonyl (C=O) groups excluding carboxylic acids is 1. The third-order valence-electron chi connectivity index (χ3n) is 2.69. The Morgan fingerprint density at radius 2 is 2.14 bits per heavy atom. The summed E-state index contributed by atoms with van der Waals surface area (Å²) >= 11 is 0. The summed E-state index contributed by atoms with van der Waals surface area (Å²) in [7, 11) is 0. The van der Waals surface area contributed by atoms with E-state index in [2.05, 4.69) is 27.3 Å². The second-order valence-electron chi connectivity index (χ2n) is 4.32. The average molecular weight is 284 g/mol. The molecule has 6 nitrogen and oxygen atoms in total. The monoisotopic (exact) mass is 284 g/mol. The first-order valence-corrected chi connectivity index (χ1v) is 6.55. The molecule has 2 aromatic rings. The number of aromatic nitrogens is 2. The Bertz CT molecular complexity index is 665. The van der Waals surface area contributed by atoms with Crippen molar-refractivity contribution in [3.8, 4) is 11.8 Å². The van der Waals surface area contributed by atoms with Crippen molar-refractivity contribution in [1.29, 1.82) is 0 Å². The van der Waals surface area contributed by atoms with Crippen LogP contribution in [-0.4, -0.2) is 29.1 Å². The summed E-state index contributed by atoms with van der Waals surface area (Å²) < 4.78 is 4.86. The van der Waals surface area contributed by atoms with Gasteiger partial charge in [-0.1, -0.05) is 17.0 Å². The first-order chi connectivity index (χ1) is 10.2. The fraction of sp³-hybridized carbons (Fsp3) is 0.267. The van der Waals surface area contributed by atoms with Crippen molar-refractivity contribution in [3.63, 3.8) is 0 Å². The largest absolute Gasteiger partial charge is 0.352 e. The smallest absolute Gasteiger partial charge is 0.251 e. The lowest BCUT2D eigenvalue weighted by atomic mass is 10.1. The van der Waals surface area contributed by atoms with Crippen LogP contribution in [-0.2, 0) is 6.42 Å². The summed E-state index contributed by atoms with van der Waals surface area (Å²) in [6.07, 6.45) is 0.531. The number of nitrogens with zero attached hydrogens (tertiary/aromatic N) is 2. The SMILES string of the molecule is Cc1nc(CCNC(=O)c2ccc(C#CCN)cc2)no1. The Balaban J connectivity index is 1.85. The van der Waals surface area contributed by atoms with Crippen LogP contribution in [0, 0.1) is 18.8 Å². The van der Waals surface area contributed by atoms with Gasteiger partial charge in [-0.2, -0.15) is 4.98 Å². The minimum absolute atomic E-state index is 0.145. The number of hydrogen-bond donors (Lipinski definition) is 2. The van der Waals surface area contributed by atoms with Gasteiger partial charge in [0, 0.05) is 31.0 Å². The van der Waals surface area contributed by atoms with Gasteiger partial charge in [0.2, 0.25) is 5.89 Å². The maximum absolute atomic E-state index is 11.9. The highest BCUT2D eigenvalue weighted by Gasteiger charge is 2.06. The summed E-state index contributed by atoms with van der Waals surface area (Å²) in [6.45, 7) is 2.49. The second kappa shape index (κ2) is 7.22. The van der Waals surface area contributed by atoms with Gasteiger partial charge in [0.15, 0.2) is 5.82 Å². The molecule has 21 heavy (non-hydrogen) atoms. The van der Waals surface area contributed by atoms with E-state index < -0.39 is 0 Å². The van der Waals surface area contributed by atoms with Gasteiger partial charge in [0.1, 0.15) is 0 Å². The Kier molecular flexibility index (Phi) is 5.07. The summed E-state index contributed by atoms with van der Waals surface area (Å²) in [5.74, 6) is 6.62. The Hall–Kier alpha value is -2.65. The minimum atomic E-state index is -0.145. The highest BCUT2D eigenvalue weighted by Crippen LogP contribution is 2.03. The topological polar surface area (TPSA) is 94.0 Å². The van der Waals surface area contributed by atoms with E-state index in [-0.39, 0.29) is 5.91 Å². The molecule has 0 unspecified atom stereocenters. The van der Waals surface area contributed by atoms with Gasteiger partial charge in [-0.3, -0.25) is 4.79 Å². The Labute approximate surface area is 122 Å². The predicted octanol–water partition coefficient (Wildman–Crippen LogP) is 0.661. The van der Waals surface area contributed by atoms with Gasteiger partial charge < -0.3 is 15.6 Å². The molecule has 2 rings (SSSR count). The number of rotatable bonds is 4. The number of carbonyl (C=O) groups is 1. The molecule has 0 bridgehead atoms. The molecule has 6 heteroatoms. The highest BCUT2D eigenvalue weighted by molar-refractivity contribution is 5.94. The molecule has 0 spiro atoms. The lowest BCUT2D eigenvalue weighted by molar-refractivity contribution is 0.0954. The zero-order valence-electron chi connectivity index (χ0n) is 11.7. The molecule has 0 aliphatic carbocycles. The van der Waals surface area contributed by atoms with Gasteiger partial charge in [-0.15, -0.1) is 0 Å². The van der Waals surface area contributed by atoms with E-state index >= 15 is 0 Å². The average Bonchev–Trinajstić information content (AvgIpc) is 2.91. The molecule has 0 saturated carbocycles. The molecule has 3 N–H and O–H groups in total. The first-order valence-electron chi connectivity index (χ1n) is 6.55. The molecule has 0 aliphatic heterocycles. The highest BCUT2D eigenvalue weighted by atomic mass is 16.5. The summed E-state index contributed by atoms with van der Waals surface area (Å²) in [5, 5.41) is 6.57. The molecule has 1 heterocycles. The predicted molar refractivity (Wildman–Crippen MR) is 77.4 cm³/mol. The molecule has 1 aromatic heterocycles. The van der Waals surface area contributed by atoms with E-state index in [1.807, 2.05) is 0 Å². The van der Waals surface area contributed by atoms with E-state index in [9.17, 15) is 4.79 Å². The standard InChI is InChI=1S/C15H16N4O2/c1-11-18-14(19-21-11)8-10-17-15(20)13-6-4-12(5-7-13)3-2-9-16/h4-7H,8-10,16H2,1H3,(H,17,20). The second-order valence-corrected chi connectivity index (χ2v) is 4.32. The van der Waals surface area contributed by atoms with Crippen LogP contribution in [0.1, 0.15) is 27.6 Å². The number of hydrogen-bond acceptors (Lipinski definition) is 5. The zero-order valence-corrected chi connectivity index (χ0v) is 11.7. The Morgan fingerprint density at radius 3 is 2.76 bits per heavy atom. The van der Waals surface area contributed by atoms with Crippen molar-refractivity contribution in [2.45, 2.75) is 13.3 Å². The van der Waals surface area contributed by atoms with Crippen molar-refractivity contribution in [3.05, 3.63) is 47.1 Å². The molecule has 0 fully saturated rings. The lowest BCUT2D eigenvalue weighted by Gasteiger charge is -2.03. The van der Waals surface area contributed by atoms with Crippen LogP contribution in [0.15, 0.2) is 28.8 Å². The molecule has 1 aromatic carbocycles. The maximum atomic E-state index is 11.9. The van der Waals surface area contributed by atoms with Gasteiger partial charge in [0.05, 0.1) is 6.54 Å². The molecular weight excluding hydrogens is 268 g/mol. The normalized spacial score (nSPS) is 9.81. The molecule has 0 saturated heterocycles. The summed E-state index contributed by atoms with van der Waals surface area (Å²) in [5.41, 5.74) is 6.72. The zero-order chi connectivity index (χ0) is 15.1. The fourth-order valence-corrected chi connectivity index (χ4v) is 1.69. The van der Waals surface area contributed by atoms with Crippen molar-refractivity contribution >= 4 is 5.91 Å². The van der Waals surface area contributed by atoms with Crippen LogP contribution in [0.5, 0.6) is 0 Å². The van der Waals surface area contributed by atoms with Crippen molar-refractivity contribution in [1.82, 2.24) is 15.5 Å². The third kappa shape index (κ3) is 4.44. The van der Waals surface area contributed by atoms with Gasteiger partial charge in [-0.05, 0) is 24.3 Å². The van der Waals surface area contributed by atoms with Crippen LogP contribution in [0.25, 0.3) is 0 Å². The van der Waals surface area contributed by atoms with Crippen LogP contribution in [0.2, 0.25) is 0 Å². The van der Waals surface area contributed by atoms with Crippen molar-refractivity contribution in [2.75, 3.05) is 13.1 Å². The van der Waals surface area contributed by atoms with Gasteiger partial charge in [-0.25, -0.2) is 0 Å². The van der Waals surface area contributed by atoms with Gasteiger partial charge in [0.25, 0.3) is 5.91 Å². The van der Waals surface area contributed by atoms with Crippen LogP contribution in [0.3, 0.4) is 0 Å². The molecule has 1 amide bonds. The van der Waals surface area contributed by atoms with Crippen LogP contribution in [0.4, 0.5) is 0 Å². The molecule has 0 aliphatic rings. The van der Waals surface area contributed by atoms with Crippen LogP contribution >= 0.6 is 0 Å². The van der Waals surface area contributed by atoms with E-state index in [4.69, 9.17) is 10.3 Å².